The van der Waals surface area contributed by atoms with Gasteiger partial charge in [0.2, 0.25) is 5.91 Å². The van der Waals surface area contributed by atoms with Crippen LogP contribution < -0.4 is 4.74 Å². The first kappa shape index (κ1) is 15.9. The van der Waals surface area contributed by atoms with E-state index < -0.39 is 0 Å². The van der Waals surface area contributed by atoms with Gasteiger partial charge in [-0.3, -0.25) is 9.69 Å². The Morgan fingerprint density at radius 1 is 1.12 bits per heavy atom. The van der Waals surface area contributed by atoms with Crippen molar-refractivity contribution in [3.63, 3.8) is 0 Å². The standard InChI is InChI=1S/C19H27N3O2/c1-20-8-5-9-22(11-10-20)19(23)15-12-21(2)18-14-6-3-4-7-17(14)24-13-16(15)18/h3-4,6-7,15-16,18H,5,8-13H2,1-2H3/t15-,16+,18+/m1/s1. The Labute approximate surface area is 144 Å². The van der Waals surface area contributed by atoms with Gasteiger partial charge in [-0.1, -0.05) is 18.2 Å². The average Bonchev–Trinajstić information content (AvgIpc) is 2.78. The molecule has 0 saturated carbocycles. The topological polar surface area (TPSA) is 36.0 Å². The predicted octanol–water partition coefficient (Wildman–Crippen LogP) is 1.46. The molecule has 0 radical (unpaired) electrons. The highest BCUT2D eigenvalue weighted by atomic mass is 16.5. The lowest BCUT2D eigenvalue weighted by Crippen LogP contribution is -2.42. The highest BCUT2D eigenvalue weighted by Crippen LogP contribution is 2.46. The normalized spacial score (nSPS) is 31.1. The molecule has 5 heteroatoms. The third-order valence-corrected chi connectivity index (χ3v) is 5.90. The van der Waals surface area contributed by atoms with Crippen LogP contribution >= 0.6 is 0 Å². The molecule has 0 aliphatic carbocycles. The molecule has 3 aliphatic rings. The summed E-state index contributed by atoms with van der Waals surface area (Å²) in [5.74, 6) is 1.62. The number of likely N-dealkylation sites (N-methyl/N-ethyl adjacent to an activating group) is 1. The van der Waals surface area contributed by atoms with Gasteiger partial charge in [-0.25, -0.2) is 0 Å². The number of carbonyl (C=O) groups is 1. The van der Waals surface area contributed by atoms with Gasteiger partial charge in [0.05, 0.1) is 12.5 Å². The van der Waals surface area contributed by atoms with Gasteiger partial charge in [-0.2, -0.15) is 0 Å². The molecule has 1 amide bonds. The molecular formula is C19H27N3O2. The highest BCUT2D eigenvalue weighted by molar-refractivity contribution is 5.80. The van der Waals surface area contributed by atoms with E-state index in [9.17, 15) is 4.79 Å². The number of carbonyl (C=O) groups excluding carboxylic acids is 1. The quantitative estimate of drug-likeness (QED) is 0.782. The summed E-state index contributed by atoms with van der Waals surface area (Å²) in [6.07, 6.45) is 1.07. The maximum Gasteiger partial charge on any atom is 0.227 e. The first-order valence-corrected chi connectivity index (χ1v) is 9.04. The Balaban J connectivity index is 1.54. The number of likely N-dealkylation sites (tertiary alicyclic amines) is 1. The Morgan fingerprint density at radius 2 is 1.96 bits per heavy atom. The maximum absolute atomic E-state index is 13.2. The SMILES string of the molecule is CN1CCCN(C(=O)[C@@H]2CN(C)[C@H]3c4ccccc4OC[C@@H]23)CC1. The second kappa shape index (κ2) is 6.37. The fourth-order valence-electron chi connectivity index (χ4n) is 4.59. The Hall–Kier alpha value is -1.59. The van der Waals surface area contributed by atoms with Crippen LogP contribution in [0, 0.1) is 11.8 Å². The summed E-state index contributed by atoms with van der Waals surface area (Å²) < 4.78 is 5.99. The van der Waals surface area contributed by atoms with E-state index in [1.54, 1.807) is 0 Å². The van der Waals surface area contributed by atoms with Crippen LogP contribution in [0.2, 0.25) is 0 Å². The summed E-state index contributed by atoms with van der Waals surface area (Å²) in [5.41, 5.74) is 1.24. The summed E-state index contributed by atoms with van der Waals surface area (Å²) >= 11 is 0. The smallest absolute Gasteiger partial charge is 0.227 e. The largest absolute Gasteiger partial charge is 0.493 e. The average molecular weight is 329 g/mol. The maximum atomic E-state index is 13.2. The zero-order valence-electron chi connectivity index (χ0n) is 14.6. The number of ether oxygens (including phenoxy) is 1. The van der Waals surface area contributed by atoms with E-state index in [2.05, 4.69) is 40.9 Å². The molecular weight excluding hydrogens is 302 g/mol. The third-order valence-electron chi connectivity index (χ3n) is 5.90. The monoisotopic (exact) mass is 329 g/mol. The summed E-state index contributed by atoms with van der Waals surface area (Å²) in [7, 11) is 4.28. The molecule has 3 heterocycles. The van der Waals surface area contributed by atoms with Gasteiger partial charge < -0.3 is 14.5 Å². The van der Waals surface area contributed by atoms with Crippen molar-refractivity contribution >= 4 is 5.91 Å². The van der Waals surface area contributed by atoms with Gasteiger partial charge in [0.15, 0.2) is 0 Å². The van der Waals surface area contributed by atoms with Crippen LogP contribution in [0.15, 0.2) is 24.3 Å². The van der Waals surface area contributed by atoms with Crippen LogP contribution in [0.4, 0.5) is 0 Å². The number of hydrogen-bond acceptors (Lipinski definition) is 4. The van der Waals surface area contributed by atoms with Gasteiger partial charge in [0, 0.05) is 43.7 Å². The molecule has 1 aromatic rings. The molecule has 0 spiro atoms. The summed E-state index contributed by atoms with van der Waals surface area (Å²) in [5, 5.41) is 0. The van der Waals surface area contributed by atoms with Crippen molar-refractivity contribution in [1.82, 2.24) is 14.7 Å². The van der Waals surface area contributed by atoms with Crippen molar-refractivity contribution in [2.45, 2.75) is 12.5 Å². The summed E-state index contributed by atoms with van der Waals surface area (Å²) in [6, 6.07) is 8.58. The molecule has 3 aliphatic heterocycles. The second-order valence-electron chi connectivity index (χ2n) is 7.49. The zero-order valence-corrected chi connectivity index (χ0v) is 14.6. The van der Waals surface area contributed by atoms with E-state index in [4.69, 9.17) is 4.74 Å². The Kier molecular flexibility index (Phi) is 4.22. The summed E-state index contributed by atoms with van der Waals surface area (Å²) in [6.45, 7) is 5.27. The lowest BCUT2D eigenvalue weighted by molar-refractivity contribution is -0.136. The molecule has 130 valence electrons. The molecule has 5 nitrogen and oxygen atoms in total. The van der Waals surface area contributed by atoms with Crippen LogP contribution in [0.1, 0.15) is 18.0 Å². The minimum absolute atomic E-state index is 0.0526. The van der Waals surface area contributed by atoms with Crippen molar-refractivity contribution < 1.29 is 9.53 Å². The Morgan fingerprint density at radius 3 is 2.83 bits per heavy atom. The highest BCUT2D eigenvalue weighted by Gasteiger charge is 2.48. The van der Waals surface area contributed by atoms with Crippen LogP contribution in [-0.4, -0.2) is 74.0 Å². The van der Waals surface area contributed by atoms with Gasteiger partial charge in [0.25, 0.3) is 0 Å². The fraction of sp³-hybridized carbons (Fsp3) is 0.632. The van der Waals surface area contributed by atoms with Crippen LogP contribution in [0.25, 0.3) is 0 Å². The lowest BCUT2D eigenvalue weighted by atomic mass is 9.84. The van der Waals surface area contributed by atoms with E-state index in [1.165, 1.54) is 5.56 Å². The zero-order chi connectivity index (χ0) is 16.7. The number of para-hydroxylation sites is 1. The molecule has 4 rings (SSSR count). The van der Waals surface area contributed by atoms with E-state index in [0.717, 1.165) is 44.9 Å². The number of nitrogens with zero attached hydrogens (tertiary/aromatic N) is 3. The van der Waals surface area contributed by atoms with Gasteiger partial charge in [-0.15, -0.1) is 0 Å². The van der Waals surface area contributed by atoms with E-state index in [-0.39, 0.29) is 11.8 Å². The minimum Gasteiger partial charge on any atom is -0.493 e. The number of benzene rings is 1. The molecule has 0 unspecified atom stereocenters. The Bertz CT molecular complexity index is 620. The molecule has 0 aromatic heterocycles. The van der Waals surface area contributed by atoms with Gasteiger partial charge in [-0.05, 0) is 33.1 Å². The summed E-state index contributed by atoms with van der Waals surface area (Å²) in [4.78, 5) is 19.9. The number of rotatable bonds is 1. The van der Waals surface area contributed by atoms with Crippen molar-refractivity contribution in [2.75, 3.05) is 53.4 Å². The molecule has 2 fully saturated rings. The number of fused-ring (bicyclic) bond motifs is 3. The molecule has 1 aromatic carbocycles. The van der Waals surface area contributed by atoms with E-state index in [0.29, 0.717) is 18.6 Å². The number of amides is 1. The minimum atomic E-state index is 0.0526. The molecule has 0 N–H and O–H groups in total. The van der Waals surface area contributed by atoms with Crippen molar-refractivity contribution in [2.24, 2.45) is 11.8 Å². The molecule has 0 bridgehead atoms. The molecule has 2 saturated heterocycles. The lowest BCUT2D eigenvalue weighted by Gasteiger charge is -2.34. The van der Waals surface area contributed by atoms with Crippen LogP contribution in [0.5, 0.6) is 5.75 Å². The van der Waals surface area contributed by atoms with Crippen molar-refractivity contribution in [3.8, 4) is 5.75 Å². The van der Waals surface area contributed by atoms with E-state index in [1.807, 2.05) is 12.1 Å². The third kappa shape index (κ3) is 2.70. The fourth-order valence-corrected chi connectivity index (χ4v) is 4.59. The first-order chi connectivity index (χ1) is 11.6. The van der Waals surface area contributed by atoms with Crippen LogP contribution in [0.3, 0.4) is 0 Å². The van der Waals surface area contributed by atoms with Crippen molar-refractivity contribution in [3.05, 3.63) is 29.8 Å². The molecule has 3 atom stereocenters. The van der Waals surface area contributed by atoms with Crippen LogP contribution in [-0.2, 0) is 4.79 Å². The number of hydrogen-bond donors (Lipinski definition) is 0. The van der Waals surface area contributed by atoms with Gasteiger partial charge in [0.1, 0.15) is 5.75 Å². The van der Waals surface area contributed by atoms with Gasteiger partial charge >= 0.3 is 0 Å². The molecule has 24 heavy (non-hydrogen) atoms. The predicted molar refractivity (Wildman–Crippen MR) is 93.0 cm³/mol. The van der Waals surface area contributed by atoms with Crippen molar-refractivity contribution in [1.29, 1.82) is 0 Å². The second-order valence-corrected chi connectivity index (χ2v) is 7.49. The first-order valence-electron chi connectivity index (χ1n) is 9.04. The van der Waals surface area contributed by atoms with E-state index >= 15 is 0 Å².